The third-order valence-corrected chi connectivity index (χ3v) is 3.28. The number of fused-ring (bicyclic) bond motifs is 3. The van der Waals surface area contributed by atoms with Crippen molar-refractivity contribution in [1.29, 1.82) is 0 Å². The Hall–Kier alpha value is -0.0701. The Morgan fingerprint density at radius 1 is 0.938 bits per heavy atom. The van der Waals surface area contributed by atoms with Crippen molar-refractivity contribution >= 4 is 14.2 Å². The molecule has 3 fully saturated rings. The van der Waals surface area contributed by atoms with Gasteiger partial charge in [-0.15, -0.1) is 0 Å². The summed E-state index contributed by atoms with van der Waals surface area (Å²) in [7, 11) is -0.292. The van der Waals surface area contributed by atoms with Gasteiger partial charge >= 0.3 is 14.2 Å². The van der Waals surface area contributed by atoms with Crippen LogP contribution in [-0.4, -0.2) is 45.4 Å². The highest BCUT2D eigenvalue weighted by Crippen LogP contribution is 2.34. The summed E-state index contributed by atoms with van der Waals surface area (Å²) in [4.78, 5) is 0. The van der Waals surface area contributed by atoms with Crippen molar-refractivity contribution in [3.8, 4) is 0 Å². The summed E-state index contributed by atoms with van der Waals surface area (Å²) in [6, 6.07) is 0. The summed E-state index contributed by atoms with van der Waals surface area (Å²) in [5, 5.41) is 0. The molecule has 0 saturated carbocycles. The fourth-order valence-corrected chi connectivity index (χ4v) is 2.43. The Morgan fingerprint density at radius 2 is 1.62 bits per heavy atom. The van der Waals surface area contributed by atoms with E-state index in [0.717, 1.165) is 12.6 Å². The molecule has 88 valence electrons. The fourth-order valence-electron chi connectivity index (χ4n) is 2.43. The summed E-state index contributed by atoms with van der Waals surface area (Å²) in [5.41, 5.74) is 0. The van der Waals surface area contributed by atoms with E-state index in [-0.39, 0.29) is 38.8 Å². The van der Waals surface area contributed by atoms with E-state index in [1.165, 1.54) is 0 Å². The third kappa shape index (κ3) is 1.71. The Kier molecular flexibility index (Phi) is 2.97. The zero-order valence-electron chi connectivity index (χ0n) is 9.63. The normalized spacial score (nSPS) is 42.4. The van der Waals surface area contributed by atoms with Crippen LogP contribution < -0.4 is 0 Å². The van der Waals surface area contributed by atoms with Crippen LogP contribution in [0.1, 0.15) is 13.8 Å². The minimum atomic E-state index is -0.287. The van der Waals surface area contributed by atoms with Crippen molar-refractivity contribution in [3.63, 3.8) is 0 Å². The van der Waals surface area contributed by atoms with Crippen LogP contribution in [0.15, 0.2) is 0 Å². The molecule has 0 bridgehead atoms. The van der Waals surface area contributed by atoms with Crippen molar-refractivity contribution < 1.29 is 23.4 Å². The standard InChI is InChI=1S/C9H16B2O5/c1-3-10-13-6-5-12-9-8(7(6)14-10)15-11(4-2)16-9/h6-9H,3-5H2,1-2H3. The second-order valence-electron chi connectivity index (χ2n) is 4.39. The minimum Gasteiger partial charge on any atom is -0.403 e. The Morgan fingerprint density at radius 3 is 2.38 bits per heavy atom. The first-order valence-corrected chi connectivity index (χ1v) is 6.05. The van der Waals surface area contributed by atoms with Crippen molar-refractivity contribution in [3.05, 3.63) is 0 Å². The molecule has 3 aliphatic rings. The largest absolute Gasteiger partial charge is 0.458 e. The third-order valence-electron chi connectivity index (χ3n) is 3.28. The Bertz CT molecular complexity index is 240. The molecule has 3 aliphatic heterocycles. The maximum atomic E-state index is 5.81. The first-order valence-electron chi connectivity index (χ1n) is 6.05. The van der Waals surface area contributed by atoms with Crippen LogP contribution in [0.5, 0.6) is 0 Å². The second kappa shape index (κ2) is 4.31. The van der Waals surface area contributed by atoms with Gasteiger partial charge < -0.3 is 23.4 Å². The summed E-state index contributed by atoms with van der Waals surface area (Å²) in [6.45, 7) is 4.60. The van der Waals surface area contributed by atoms with Gasteiger partial charge in [0.05, 0.1) is 18.8 Å². The molecule has 0 aliphatic carbocycles. The molecule has 0 aromatic carbocycles. The minimum absolute atomic E-state index is 0.00888. The Balaban J connectivity index is 1.71. The molecule has 7 heteroatoms. The average molecular weight is 226 g/mol. The lowest BCUT2D eigenvalue weighted by atomic mass is 9.86. The van der Waals surface area contributed by atoms with Gasteiger partial charge in [-0.25, -0.2) is 0 Å². The first-order chi connectivity index (χ1) is 7.81. The molecule has 0 aromatic rings. The van der Waals surface area contributed by atoms with E-state index in [1.54, 1.807) is 0 Å². The van der Waals surface area contributed by atoms with Gasteiger partial charge in [-0.2, -0.15) is 0 Å². The summed E-state index contributed by atoms with van der Waals surface area (Å²) < 4.78 is 28.5. The van der Waals surface area contributed by atoms with E-state index in [1.807, 2.05) is 13.8 Å². The predicted molar refractivity (Wildman–Crippen MR) is 57.9 cm³/mol. The van der Waals surface area contributed by atoms with Gasteiger partial charge in [0.25, 0.3) is 0 Å². The molecule has 5 nitrogen and oxygen atoms in total. The van der Waals surface area contributed by atoms with Gasteiger partial charge in [0.2, 0.25) is 0 Å². The van der Waals surface area contributed by atoms with Crippen molar-refractivity contribution in [2.45, 2.75) is 51.1 Å². The molecular formula is C9H16B2O5. The maximum absolute atomic E-state index is 5.81. The van der Waals surface area contributed by atoms with Gasteiger partial charge in [-0.05, 0) is 12.6 Å². The van der Waals surface area contributed by atoms with Gasteiger partial charge in [-0.3, -0.25) is 0 Å². The quantitative estimate of drug-likeness (QED) is 0.643. The molecule has 4 unspecified atom stereocenters. The molecule has 16 heavy (non-hydrogen) atoms. The van der Waals surface area contributed by atoms with Gasteiger partial charge in [-0.1, -0.05) is 13.8 Å². The molecule has 3 heterocycles. The summed E-state index contributed by atoms with van der Waals surface area (Å²) in [6.07, 6.45) is 1.20. The highest BCUT2D eigenvalue weighted by Gasteiger charge is 2.54. The smallest absolute Gasteiger partial charge is 0.403 e. The van der Waals surface area contributed by atoms with Crippen molar-refractivity contribution in [2.24, 2.45) is 0 Å². The SMILES string of the molecule is CCB1OC2COC3OB(CC)OC3C2O1. The van der Waals surface area contributed by atoms with Crippen LogP contribution in [-0.2, 0) is 23.4 Å². The molecule has 0 aromatic heterocycles. The van der Waals surface area contributed by atoms with Gasteiger partial charge in [0, 0.05) is 0 Å². The van der Waals surface area contributed by atoms with E-state index in [0.29, 0.717) is 6.61 Å². The first kappa shape index (κ1) is 11.0. The monoisotopic (exact) mass is 226 g/mol. The van der Waals surface area contributed by atoms with Crippen molar-refractivity contribution in [2.75, 3.05) is 6.61 Å². The molecule has 0 N–H and O–H groups in total. The number of rotatable bonds is 2. The lowest BCUT2D eigenvalue weighted by Crippen LogP contribution is -2.49. The zero-order chi connectivity index (χ0) is 11.1. The van der Waals surface area contributed by atoms with E-state index in [9.17, 15) is 0 Å². The van der Waals surface area contributed by atoms with Crippen LogP contribution in [0.4, 0.5) is 0 Å². The van der Waals surface area contributed by atoms with Crippen LogP contribution in [0.3, 0.4) is 0 Å². The van der Waals surface area contributed by atoms with Gasteiger partial charge in [0.1, 0.15) is 6.10 Å². The lowest BCUT2D eigenvalue weighted by molar-refractivity contribution is -0.177. The molecule has 0 radical (unpaired) electrons. The van der Waals surface area contributed by atoms with E-state index >= 15 is 0 Å². The average Bonchev–Trinajstić information content (AvgIpc) is 2.90. The lowest BCUT2D eigenvalue weighted by Gasteiger charge is -2.33. The second-order valence-corrected chi connectivity index (χ2v) is 4.39. The highest BCUT2D eigenvalue weighted by molar-refractivity contribution is 6.45. The zero-order valence-corrected chi connectivity index (χ0v) is 9.63. The number of ether oxygens (including phenoxy) is 1. The molecule has 3 saturated heterocycles. The van der Waals surface area contributed by atoms with E-state index in [4.69, 9.17) is 23.4 Å². The molecule has 0 amide bonds. The Labute approximate surface area is 96.0 Å². The molecule has 4 atom stereocenters. The van der Waals surface area contributed by atoms with E-state index in [2.05, 4.69) is 0 Å². The topological polar surface area (TPSA) is 46.2 Å². The summed E-state index contributed by atoms with van der Waals surface area (Å²) >= 11 is 0. The fraction of sp³-hybridized carbons (Fsp3) is 1.00. The molecule has 0 spiro atoms. The van der Waals surface area contributed by atoms with E-state index < -0.39 is 0 Å². The summed E-state index contributed by atoms with van der Waals surface area (Å²) in [5.74, 6) is 0. The van der Waals surface area contributed by atoms with Crippen LogP contribution in [0, 0.1) is 0 Å². The number of hydrogen-bond acceptors (Lipinski definition) is 5. The van der Waals surface area contributed by atoms with Crippen molar-refractivity contribution in [1.82, 2.24) is 0 Å². The highest BCUT2D eigenvalue weighted by atomic mass is 16.8. The molecular weight excluding hydrogens is 210 g/mol. The maximum Gasteiger partial charge on any atom is 0.458 e. The number of hydrogen-bond donors (Lipinski definition) is 0. The van der Waals surface area contributed by atoms with Crippen LogP contribution >= 0.6 is 0 Å². The van der Waals surface area contributed by atoms with Crippen LogP contribution in [0.2, 0.25) is 12.6 Å². The van der Waals surface area contributed by atoms with Crippen LogP contribution in [0.25, 0.3) is 0 Å². The molecule has 3 rings (SSSR count). The van der Waals surface area contributed by atoms with Gasteiger partial charge in [0.15, 0.2) is 6.29 Å². The predicted octanol–water partition coefficient (Wildman–Crippen LogP) is 0.558.